The lowest BCUT2D eigenvalue weighted by Gasteiger charge is -2.41. The number of amides is 1. The third kappa shape index (κ3) is 3.63. The van der Waals surface area contributed by atoms with Crippen molar-refractivity contribution in [2.24, 2.45) is 11.8 Å². The molecule has 2 aliphatic rings. The number of thioether (sulfide) groups is 1. The Hall–Kier alpha value is -1.34. The SMILES string of the molecule is CCn1c(SCC(=O)N2CC[C@@H]3CCCC[C@H]3C2)nc2sc(C)c(C)c2c1=O. The number of piperidine rings is 1. The first-order valence-corrected chi connectivity index (χ1v) is 12.2. The molecule has 0 radical (unpaired) electrons. The van der Waals surface area contributed by atoms with Gasteiger partial charge in [-0.15, -0.1) is 11.3 Å². The molecule has 28 heavy (non-hydrogen) atoms. The predicted octanol–water partition coefficient (Wildman–Crippen LogP) is 4.23. The summed E-state index contributed by atoms with van der Waals surface area (Å²) in [5.41, 5.74) is 1.05. The highest BCUT2D eigenvalue weighted by molar-refractivity contribution is 7.99. The summed E-state index contributed by atoms with van der Waals surface area (Å²) < 4.78 is 1.72. The topological polar surface area (TPSA) is 55.2 Å². The van der Waals surface area contributed by atoms with Crippen molar-refractivity contribution >= 4 is 39.2 Å². The lowest BCUT2D eigenvalue weighted by molar-refractivity contribution is -0.131. The Morgan fingerprint density at radius 3 is 2.71 bits per heavy atom. The highest BCUT2D eigenvalue weighted by Gasteiger charge is 2.32. The van der Waals surface area contributed by atoms with E-state index in [4.69, 9.17) is 4.98 Å². The van der Waals surface area contributed by atoms with Gasteiger partial charge in [-0.05, 0) is 51.0 Å². The van der Waals surface area contributed by atoms with E-state index < -0.39 is 0 Å². The van der Waals surface area contributed by atoms with Crippen molar-refractivity contribution in [3.8, 4) is 0 Å². The molecular formula is C21H29N3O2S2. The van der Waals surface area contributed by atoms with Crippen LogP contribution in [0.2, 0.25) is 0 Å². The van der Waals surface area contributed by atoms with E-state index in [0.717, 1.165) is 46.1 Å². The van der Waals surface area contributed by atoms with Crippen molar-refractivity contribution in [3.63, 3.8) is 0 Å². The van der Waals surface area contributed by atoms with E-state index in [-0.39, 0.29) is 11.5 Å². The van der Waals surface area contributed by atoms with Gasteiger partial charge in [-0.1, -0.05) is 31.0 Å². The predicted molar refractivity (Wildman–Crippen MR) is 116 cm³/mol. The largest absolute Gasteiger partial charge is 0.342 e. The molecule has 0 spiro atoms. The normalized spacial score (nSPS) is 22.5. The van der Waals surface area contributed by atoms with Crippen LogP contribution in [0.3, 0.4) is 0 Å². The first kappa shape index (κ1) is 20.0. The second-order valence-electron chi connectivity index (χ2n) is 8.13. The number of aryl methyl sites for hydroxylation is 2. The number of rotatable bonds is 4. The van der Waals surface area contributed by atoms with Gasteiger partial charge in [0.25, 0.3) is 5.56 Å². The number of thiophene rings is 1. The molecule has 1 aliphatic heterocycles. The molecule has 4 rings (SSSR count). The van der Waals surface area contributed by atoms with Crippen LogP contribution >= 0.6 is 23.1 Å². The molecule has 1 saturated carbocycles. The van der Waals surface area contributed by atoms with Crippen LogP contribution in [-0.4, -0.2) is 39.2 Å². The van der Waals surface area contributed by atoms with E-state index in [1.807, 2.05) is 25.7 Å². The van der Waals surface area contributed by atoms with Gasteiger partial charge in [-0.3, -0.25) is 14.2 Å². The van der Waals surface area contributed by atoms with Crippen molar-refractivity contribution < 1.29 is 4.79 Å². The molecule has 2 aromatic rings. The maximum Gasteiger partial charge on any atom is 0.263 e. The van der Waals surface area contributed by atoms with Gasteiger partial charge in [0.2, 0.25) is 5.91 Å². The summed E-state index contributed by atoms with van der Waals surface area (Å²) in [7, 11) is 0. The minimum Gasteiger partial charge on any atom is -0.342 e. The molecule has 3 heterocycles. The fourth-order valence-electron chi connectivity index (χ4n) is 4.74. The molecule has 2 atom stereocenters. The number of carbonyl (C=O) groups is 1. The Bertz CT molecular complexity index is 949. The Kier molecular flexibility index (Phi) is 5.83. The van der Waals surface area contributed by atoms with Gasteiger partial charge in [0, 0.05) is 24.5 Å². The number of nitrogens with zero attached hydrogens (tertiary/aromatic N) is 3. The standard InChI is InChI=1S/C21H29N3O2S2/c1-4-24-20(26)18-13(2)14(3)28-19(18)22-21(24)27-12-17(25)23-10-9-15-7-5-6-8-16(15)11-23/h15-16H,4-12H2,1-3H3/t15-,16-/m0/s1. The molecule has 1 saturated heterocycles. The molecule has 7 heteroatoms. The number of aromatic nitrogens is 2. The smallest absolute Gasteiger partial charge is 0.263 e. The van der Waals surface area contributed by atoms with Gasteiger partial charge in [-0.25, -0.2) is 4.98 Å². The van der Waals surface area contributed by atoms with E-state index in [1.54, 1.807) is 15.9 Å². The third-order valence-electron chi connectivity index (χ3n) is 6.54. The quantitative estimate of drug-likeness (QED) is 0.550. The van der Waals surface area contributed by atoms with Gasteiger partial charge in [-0.2, -0.15) is 0 Å². The lowest BCUT2D eigenvalue weighted by atomic mass is 9.75. The Morgan fingerprint density at radius 2 is 1.96 bits per heavy atom. The highest BCUT2D eigenvalue weighted by atomic mass is 32.2. The fourth-order valence-corrected chi connectivity index (χ4v) is 6.78. The lowest BCUT2D eigenvalue weighted by Crippen LogP contribution is -2.45. The van der Waals surface area contributed by atoms with Gasteiger partial charge in [0.15, 0.2) is 5.16 Å². The number of likely N-dealkylation sites (tertiary alicyclic amines) is 1. The Labute approximate surface area is 174 Å². The molecule has 5 nitrogen and oxygen atoms in total. The molecule has 1 aliphatic carbocycles. The van der Waals surface area contributed by atoms with Crippen LogP contribution in [0.1, 0.15) is 49.5 Å². The zero-order chi connectivity index (χ0) is 19.8. The molecule has 2 aromatic heterocycles. The molecule has 2 fully saturated rings. The van der Waals surface area contributed by atoms with E-state index in [0.29, 0.717) is 23.4 Å². The van der Waals surface area contributed by atoms with Gasteiger partial charge < -0.3 is 4.90 Å². The third-order valence-corrected chi connectivity index (χ3v) is 8.60. The number of fused-ring (bicyclic) bond motifs is 2. The van der Waals surface area contributed by atoms with Crippen LogP contribution in [0, 0.1) is 25.7 Å². The summed E-state index contributed by atoms with van der Waals surface area (Å²) in [5, 5.41) is 1.40. The number of carbonyl (C=O) groups excluding carboxylic acids is 1. The Balaban J connectivity index is 1.49. The average molecular weight is 420 g/mol. The molecular weight excluding hydrogens is 390 g/mol. The van der Waals surface area contributed by atoms with E-state index >= 15 is 0 Å². The van der Waals surface area contributed by atoms with Crippen molar-refractivity contribution in [2.75, 3.05) is 18.8 Å². The zero-order valence-corrected chi connectivity index (χ0v) is 18.6. The van der Waals surface area contributed by atoms with Crippen LogP contribution in [0.25, 0.3) is 10.2 Å². The molecule has 0 N–H and O–H groups in total. The van der Waals surface area contributed by atoms with Gasteiger partial charge >= 0.3 is 0 Å². The summed E-state index contributed by atoms with van der Waals surface area (Å²) in [6.45, 7) is 8.35. The first-order valence-electron chi connectivity index (χ1n) is 10.4. The number of hydrogen-bond donors (Lipinski definition) is 0. The summed E-state index contributed by atoms with van der Waals surface area (Å²) >= 11 is 2.98. The summed E-state index contributed by atoms with van der Waals surface area (Å²) in [4.78, 5) is 34.5. The maximum atomic E-state index is 12.9. The monoisotopic (exact) mass is 419 g/mol. The van der Waals surface area contributed by atoms with E-state index in [9.17, 15) is 9.59 Å². The van der Waals surface area contributed by atoms with Crippen molar-refractivity contribution in [3.05, 3.63) is 20.8 Å². The Morgan fingerprint density at radius 1 is 1.21 bits per heavy atom. The summed E-state index contributed by atoms with van der Waals surface area (Å²) in [6.07, 6.45) is 6.43. The average Bonchev–Trinajstić information content (AvgIpc) is 2.99. The van der Waals surface area contributed by atoms with Crippen LogP contribution in [0.4, 0.5) is 0 Å². The van der Waals surface area contributed by atoms with Crippen molar-refractivity contribution in [1.82, 2.24) is 14.5 Å². The number of hydrogen-bond acceptors (Lipinski definition) is 5. The van der Waals surface area contributed by atoms with Crippen molar-refractivity contribution in [2.45, 2.75) is 64.6 Å². The first-order chi connectivity index (χ1) is 13.5. The molecule has 152 valence electrons. The van der Waals surface area contributed by atoms with Crippen molar-refractivity contribution in [1.29, 1.82) is 0 Å². The summed E-state index contributed by atoms with van der Waals surface area (Å²) in [5.74, 6) is 2.06. The second-order valence-corrected chi connectivity index (χ2v) is 10.3. The second kappa shape index (κ2) is 8.19. The minimum atomic E-state index is 0.0207. The van der Waals surface area contributed by atoms with E-state index in [2.05, 4.69) is 0 Å². The van der Waals surface area contributed by atoms with Crippen LogP contribution in [0.15, 0.2) is 9.95 Å². The van der Waals surface area contributed by atoms with Gasteiger partial charge in [0.05, 0.1) is 11.1 Å². The van der Waals surface area contributed by atoms with E-state index in [1.165, 1.54) is 37.4 Å². The van der Waals surface area contributed by atoms with Crippen LogP contribution < -0.4 is 5.56 Å². The van der Waals surface area contributed by atoms with Crippen LogP contribution in [0.5, 0.6) is 0 Å². The molecule has 0 aromatic carbocycles. The van der Waals surface area contributed by atoms with Gasteiger partial charge in [0.1, 0.15) is 4.83 Å². The maximum absolute atomic E-state index is 12.9. The van der Waals surface area contributed by atoms with Crippen LogP contribution in [-0.2, 0) is 11.3 Å². The zero-order valence-electron chi connectivity index (χ0n) is 17.0. The molecule has 0 unspecified atom stereocenters. The summed E-state index contributed by atoms with van der Waals surface area (Å²) in [6, 6.07) is 0. The highest BCUT2D eigenvalue weighted by Crippen LogP contribution is 2.36. The minimum absolute atomic E-state index is 0.0207. The molecule has 0 bridgehead atoms. The fraction of sp³-hybridized carbons (Fsp3) is 0.667. The molecule has 1 amide bonds.